The SMILES string of the molecule is Cc1cccc(CSCC(=O)N2CC(CO)OCC2C)c1. The molecule has 21 heavy (non-hydrogen) atoms. The second-order valence-corrected chi connectivity index (χ2v) is 6.50. The molecule has 2 rings (SSSR count). The summed E-state index contributed by atoms with van der Waals surface area (Å²) in [6, 6.07) is 8.44. The van der Waals surface area contributed by atoms with Gasteiger partial charge in [-0.3, -0.25) is 4.79 Å². The smallest absolute Gasteiger partial charge is 0.232 e. The van der Waals surface area contributed by atoms with E-state index in [2.05, 4.69) is 25.1 Å². The van der Waals surface area contributed by atoms with Crippen molar-refractivity contribution in [1.82, 2.24) is 4.90 Å². The number of morpholine rings is 1. The van der Waals surface area contributed by atoms with E-state index in [1.807, 2.05) is 17.9 Å². The van der Waals surface area contributed by atoms with Crippen molar-refractivity contribution in [3.05, 3.63) is 35.4 Å². The van der Waals surface area contributed by atoms with Crippen LogP contribution in [-0.2, 0) is 15.3 Å². The van der Waals surface area contributed by atoms with Crippen molar-refractivity contribution in [3.8, 4) is 0 Å². The number of hydrogen-bond donors (Lipinski definition) is 1. The molecule has 116 valence electrons. The van der Waals surface area contributed by atoms with Gasteiger partial charge in [-0.05, 0) is 19.4 Å². The maximum Gasteiger partial charge on any atom is 0.232 e. The maximum atomic E-state index is 12.3. The minimum absolute atomic E-state index is 0.0348. The van der Waals surface area contributed by atoms with Crippen molar-refractivity contribution in [2.75, 3.05) is 25.5 Å². The number of amides is 1. The summed E-state index contributed by atoms with van der Waals surface area (Å²) in [7, 11) is 0. The molecule has 2 unspecified atom stereocenters. The highest BCUT2D eigenvalue weighted by Crippen LogP contribution is 2.17. The normalized spacial score (nSPS) is 22.3. The van der Waals surface area contributed by atoms with Crippen LogP contribution >= 0.6 is 11.8 Å². The molecule has 1 fully saturated rings. The lowest BCUT2D eigenvalue weighted by atomic mass is 10.2. The van der Waals surface area contributed by atoms with Crippen molar-refractivity contribution in [2.24, 2.45) is 0 Å². The van der Waals surface area contributed by atoms with Gasteiger partial charge in [-0.1, -0.05) is 29.8 Å². The molecule has 1 saturated heterocycles. The largest absolute Gasteiger partial charge is 0.394 e. The first-order valence-electron chi connectivity index (χ1n) is 7.25. The highest BCUT2D eigenvalue weighted by atomic mass is 32.2. The van der Waals surface area contributed by atoms with Crippen molar-refractivity contribution < 1.29 is 14.6 Å². The Balaban J connectivity index is 1.81. The Kier molecular flexibility index (Phi) is 6.08. The molecule has 2 atom stereocenters. The minimum atomic E-state index is -0.244. The maximum absolute atomic E-state index is 12.3. The number of benzene rings is 1. The van der Waals surface area contributed by atoms with Gasteiger partial charge < -0.3 is 14.7 Å². The average Bonchev–Trinajstić information content (AvgIpc) is 2.47. The first-order valence-corrected chi connectivity index (χ1v) is 8.41. The van der Waals surface area contributed by atoms with Gasteiger partial charge in [0.15, 0.2) is 0 Å². The topological polar surface area (TPSA) is 49.8 Å². The van der Waals surface area contributed by atoms with Crippen LogP contribution in [0.3, 0.4) is 0 Å². The average molecular weight is 309 g/mol. The molecule has 1 aromatic rings. The zero-order valence-corrected chi connectivity index (χ0v) is 13.4. The third-order valence-electron chi connectivity index (χ3n) is 3.61. The van der Waals surface area contributed by atoms with E-state index < -0.39 is 0 Å². The second-order valence-electron chi connectivity index (χ2n) is 5.51. The molecule has 0 aliphatic carbocycles. The van der Waals surface area contributed by atoms with Gasteiger partial charge in [-0.2, -0.15) is 0 Å². The summed E-state index contributed by atoms with van der Waals surface area (Å²) in [5.41, 5.74) is 2.49. The first kappa shape index (κ1) is 16.3. The van der Waals surface area contributed by atoms with E-state index in [1.54, 1.807) is 11.8 Å². The molecule has 1 aromatic carbocycles. The predicted octanol–water partition coefficient (Wildman–Crippen LogP) is 1.84. The molecule has 0 bridgehead atoms. The van der Waals surface area contributed by atoms with Crippen LogP contribution in [0, 0.1) is 6.92 Å². The molecule has 1 aliphatic heterocycles. The Morgan fingerprint density at radius 2 is 2.33 bits per heavy atom. The lowest BCUT2D eigenvalue weighted by Gasteiger charge is -2.37. The van der Waals surface area contributed by atoms with E-state index in [0.717, 1.165) is 5.75 Å². The summed E-state index contributed by atoms with van der Waals surface area (Å²) < 4.78 is 5.46. The van der Waals surface area contributed by atoms with Gasteiger partial charge in [0.2, 0.25) is 5.91 Å². The van der Waals surface area contributed by atoms with Crippen LogP contribution in [0.4, 0.5) is 0 Å². The molecule has 5 heteroatoms. The van der Waals surface area contributed by atoms with Crippen molar-refractivity contribution >= 4 is 17.7 Å². The van der Waals surface area contributed by atoms with Crippen LogP contribution in [0.5, 0.6) is 0 Å². The van der Waals surface area contributed by atoms with Gasteiger partial charge in [0, 0.05) is 12.3 Å². The molecule has 1 heterocycles. The summed E-state index contributed by atoms with van der Waals surface area (Å²) >= 11 is 1.63. The second kappa shape index (κ2) is 7.82. The Hall–Kier alpha value is -1.04. The number of aliphatic hydroxyl groups is 1. The van der Waals surface area contributed by atoms with Crippen LogP contribution in [0.15, 0.2) is 24.3 Å². The molecule has 0 spiro atoms. The fourth-order valence-electron chi connectivity index (χ4n) is 2.42. The summed E-state index contributed by atoms with van der Waals surface area (Å²) in [6.07, 6.45) is -0.244. The zero-order valence-electron chi connectivity index (χ0n) is 12.6. The highest BCUT2D eigenvalue weighted by molar-refractivity contribution is 7.99. The molecule has 1 N–H and O–H groups in total. The number of nitrogens with zero attached hydrogens (tertiary/aromatic N) is 1. The molecule has 1 aliphatic rings. The van der Waals surface area contributed by atoms with Crippen molar-refractivity contribution in [1.29, 1.82) is 0 Å². The lowest BCUT2D eigenvalue weighted by Crippen LogP contribution is -2.52. The van der Waals surface area contributed by atoms with Gasteiger partial charge in [-0.25, -0.2) is 0 Å². The number of carbonyl (C=O) groups excluding carboxylic acids is 1. The third kappa shape index (κ3) is 4.73. The quantitative estimate of drug-likeness (QED) is 0.901. The van der Waals surface area contributed by atoms with Gasteiger partial charge in [0.25, 0.3) is 0 Å². The van der Waals surface area contributed by atoms with Crippen LogP contribution in [0.25, 0.3) is 0 Å². The van der Waals surface area contributed by atoms with E-state index in [0.29, 0.717) is 18.9 Å². The molecular formula is C16H23NO3S. The number of rotatable bonds is 5. The predicted molar refractivity (Wildman–Crippen MR) is 85.3 cm³/mol. The fraction of sp³-hybridized carbons (Fsp3) is 0.562. The summed E-state index contributed by atoms with van der Waals surface area (Å²) in [5, 5.41) is 9.16. The fourth-order valence-corrected chi connectivity index (χ4v) is 3.27. The van der Waals surface area contributed by atoms with E-state index >= 15 is 0 Å². The summed E-state index contributed by atoms with van der Waals surface area (Å²) in [5.74, 6) is 1.44. The lowest BCUT2D eigenvalue weighted by molar-refractivity contribution is -0.143. The van der Waals surface area contributed by atoms with Crippen molar-refractivity contribution in [2.45, 2.75) is 31.7 Å². The molecule has 0 aromatic heterocycles. The van der Waals surface area contributed by atoms with E-state index in [1.165, 1.54) is 11.1 Å². The van der Waals surface area contributed by atoms with Crippen LogP contribution < -0.4 is 0 Å². The molecular weight excluding hydrogens is 286 g/mol. The highest BCUT2D eigenvalue weighted by Gasteiger charge is 2.28. The number of ether oxygens (including phenoxy) is 1. The number of aryl methyl sites for hydroxylation is 1. The number of hydrogen-bond acceptors (Lipinski definition) is 4. The standard InChI is InChI=1S/C16H23NO3S/c1-12-4-3-5-14(6-12)10-21-11-16(19)17-7-15(8-18)20-9-13(17)2/h3-6,13,15,18H,7-11H2,1-2H3. The first-order chi connectivity index (χ1) is 10.1. The van der Waals surface area contributed by atoms with E-state index in [9.17, 15) is 4.79 Å². The van der Waals surface area contributed by atoms with E-state index in [4.69, 9.17) is 9.84 Å². The Morgan fingerprint density at radius 3 is 3.05 bits per heavy atom. The molecule has 4 nitrogen and oxygen atoms in total. The van der Waals surface area contributed by atoms with Gasteiger partial charge in [0.1, 0.15) is 0 Å². The molecule has 1 amide bonds. The Morgan fingerprint density at radius 1 is 1.52 bits per heavy atom. The van der Waals surface area contributed by atoms with Crippen LogP contribution in [-0.4, -0.2) is 53.6 Å². The van der Waals surface area contributed by atoms with Gasteiger partial charge in [-0.15, -0.1) is 11.8 Å². The summed E-state index contributed by atoms with van der Waals surface area (Å²) in [4.78, 5) is 14.1. The zero-order chi connectivity index (χ0) is 15.2. The number of thioether (sulfide) groups is 1. The van der Waals surface area contributed by atoms with Crippen molar-refractivity contribution in [3.63, 3.8) is 0 Å². The molecule has 0 radical (unpaired) electrons. The summed E-state index contributed by atoms with van der Waals surface area (Å²) in [6.45, 7) is 5.01. The monoisotopic (exact) mass is 309 g/mol. The minimum Gasteiger partial charge on any atom is -0.394 e. The molecule has 0 saturated carbocycles. The third-order valence-corrected chi connectivity index (χ3v) is 4.59. The number of carbonyl (C=O) groups is 1. The van der Waals surface area contributed by atoms with E-state index in [-0.39, 0.29) is 24.7 Å². The van der Waals surface area contributed by atoms with Gasteiger partial charge >= 0.3 is 0 Å². The number of aliphatic hydroxyl groups excluding tert-OH is 1. The van der Waals surface area contributed by atoms with Crippen LogP contribution in [0.1, 0.15) is 18.1 Å². The Labute approximate surface area is 130 Å². The Bertz CT molecular complexity index is 480. The van der Waals surface area contributed by atoms with Gasteiger partial charge in [0.05, 0.1) is 31.1 Å². The van der Waals surface area contributed by atoms with Crippen LogP contribution in [0.2, 0.25) is 0 Å².